The van der Waals surface area contributed by atoms with Crippen LogP contribution in [0.1, 0.15) is 17.3 Å². The van der Waals surface area contributed by atoms with Crippen molar-refractivity contribution in [2.45, 2.75) is 44.2 Å². The molecule has 0 radical (unpaired) electrons. The average molecular weight is 579 g/mol. The van der Waals surface area contributed by atoms with Gasteiger partial charge in [-0.15, -0.1) is 0 Å². The van der Waals surface area contributed by atoms with Gasteiger partial charge in [0, 0.05) is 21.2 Å². The molecule has 4 N–H and O–H groups in total. The SMILES string of the molecule is CC(=O)c1c(-c2ccc(Cl)cc2)c(-c2ccc(Cl)cc2)nn(CCO[C@@H]2O[C@H](C(=O)O)[C@@H](O)[C@H](O)[C@H]2O)c1=O. The molecule has 0 saturated carbocycles. The van der Waals surface area contributed by atoms with Gasteiger partial charge in [0.2, 0.25) is 0 Å². The molecule has 2 heterocycles. The third-order valence-electron chi connectivity index (χ3n) is 6.16. The molecule has 3 aromatic rings. The van der Waals surface area contributed by atoms with E-state index in [1.807, 2.05) is 0 Å². The Hall–Kier alpha value is -3.16. The number of ether oxygens (including phenoxy) is 2. The number of carboxylic acid groups (broad SMARTS) is 1. The molecule has 39 heavy (non-hydrogen) atoms. The number of aliphatic hydroxyl groups excluding tert-OH is 3. The first kappa shape index (κ1) is 28.8. The number of Topliss-reactive ketones (excluding diaryl/α,β-unsaturated/α-hetero) is 1. The third-order valence-corrected chi connectivity index (χ3v) is 6.66. The fourth-order valence-electron chi connectivity index (χ4n) is 4.20. The van der Waals surface area contributed by atoms with Crippen molar-refractivity contribution in [1.82, 2.24) is 9.78 Å². The van der Waals surface area contributed by atoms with E-state index in [1.54, 1.807) is 48.5 Å². The van der Waals surface area contributed by atoms with Crippen molar-refractivity contribution in [3.63, 3.8) is 0 Å². The van der Waals surface area contributed by atoms with Gasteiger partial charge in [-0.1, -0.05) is 47.5 Å². The first-order valence-electron chi connectivity index (χ1n) is 11.7. The predicted octanol–water partition coefficient (Wildman–Crippen LogP) is 2.00. The molecule has 1 fully saturated rings. The molecule has 1 aromatic heterocycles. The summed E-state index contributed by atoms with van der Waals surface area (Å²) < 4.78 is 11.5. The van der Waals surface area contributed by atoms with E-state index in [0.717, 1.165) is 4.68 Å². The molecule has 0 spiro atoms. The van der Waals surface area contributed by atoms with E-state index < -0.39 is 48.0 Å². The highest BCUT2D eigenvalue weighted by molar-refractivity contribution is 6.31. The van der Waals surface area contributed by atoms with Gasteiger partial charge in [-0.2, -0.15) is 5.10 Å². The van der Waals surface area contributed by atoms with Crippen LogP contribution in [0.15, 0.2) is 53.3 Å². The van der Waals surface area contributed by atoms with Crippen molar-refractivity contribution in [3.05, 3.63) is 74.5 Å². The largest absolute Gasteiger partial charge is 0.479 e. The minimum Gasteiger partial charge on any atom is -0.479 e. The molecule has 0 aliphatic carbocycles. The van der Waals surface area contributed by atoms with Crippen molar-refractivity contribution >= 4 is 35.0 Å². The fraction of sp³-hybridized carbons (Fsp3) is 0.308. The Labute approximate surface area is 231 Å². The molecule has 1 aliphatic heterocycles. The van der Waals surface area contributed by atoms with E-state index in [-0.39, 0.29) is 18.7 Å². The Morgan fingerprint density at radius 2 is 1.51 bits per heavy atom. The summed E-state index contributed by atoms with van der Waals surface area (Å²) in [6.07, 6.45) is -8.93. The number of hydrogen-bond acceptors (Lipinski definition) is 9. The number of rotatable bonds is 8. The number of nitrogens with zero attached hydrogens (tertiary/aromatic N) is 2. The Kier molecular flexibility index (Phi) is 8.82. The van der Waals surface area contributed by atoms with E-state index in [2.05, 4.69) is 5.10 Å². The number of carbonyl (C=O) groups is 2. The van der Waals surface area contributed by atoms with Crippen LogP contribution in [0.3, 0.4) is 0 Å². The molecule has 0 unspecified atom stereocenters. The maximum absolute atomic E-state index is 13.4. The van der Waals surface area contributed by atoms with Crippen molar-refractivity contribution in [3.8, 4) is 22.4 Å². The van der Waals surface area contributed by atoms with Gasteiger partial charge in [-0.3, -0.25) is 9.59 Å². The first-order chi connectivity index (χ1) is 18.5. The van der Waals surface area contributed by atoms with E-state index >= 15 is 0 Å². The minimum absolute atomic E-state index is 0.129. The lowest BCUT2D eigenvalue weighted by Crippen LogP contribution is -2.60. The number of carbonyl (C=O) groups excluding carboxylic acids is 1. The van der Waals surface area contributed by atoms with E-state index in [4.69, 9.17) is 32.7 Å². The molecule has 5 atom stereocenters. The molecule has 11 nitrogen and oxygen atoms in total. The molecule has 2 aromatic carbocycles. The Balaban J connectivity index is 1.72. The molecule has 4 rings (SSSR count). The number of benzene rings is 2. The molecule has 1 aliphatic rings. The molecular weight excluding hydrogens is 555 g/mol. The summed E-state index contributed by atoms with van der Waals surface area (Å²) in [7, 11) is 0. The Morgan fingerprint density at radius 3 is 2.05 bits per heavy atom. The number of aromatic nitrogens is 2. The Bertz CT molecular complexity index is 1430. The van der Waals surface area contributed by atoms with Crippen LogP contribution in [0.4, 0.5) is 0 Å². The maximum Gasteiger partial charge on any atom is 0.335 e. The fourth-order valence-corrected chi connectivity index (χ4v) is 4.45. The van der Waals surface area contributed by atoms with Crippen LogP contribution in [0.2, 0.25) is 10.0 Å². The molecule has 206 valence electrons. The zero-order valence-corrected chi connectivity index (χ0v) is 21.9. The van der Waals surface area contributed by atoms with Gasteiger partial charge in [-0.25, -0.2) is 9.48 Å². The van der Waals surface area contributed by atoms with Gasteiger partial charge in [0.15, 0.2) is 18.2 Å². The minimum atomic E-state index is -1.87. The van der Waals surface area contributed by atoms with Crippen LogP contribution >= 0.6 is 23.2 Å². The molecular formula is C26H24Cl2N2O9. The van der Waals surface area contributed by atoms with Crippen molar-refractivity contribution in [2.24, 2.45) is 0 Å². The quantitative estimate of drug-likeness (QED) is 0.290. The molecule has 13 heteroatoms. The topological polar surface area (TPSA) is 168 Å². The zero-order valence-electron chi connectivity index (χ0n) is 20.4. The molecule has 1 saturated heterocycles. The van der Waals surface area contributed by atoms with Gasteiger partial charge in [0.1, 0.15) is 18.3 Å². The van der Waals surface area contributed by atoms with Crippen molar-refractivity contribution in [1.29, 1.82) is 0 Å². The lowest BCUT2D eigenvalue weighted by Gasteiger charge is -2.38. The first-order valence-corrected chi connectivity index (χ1v) is 12.5. The second-order valence-electron chi connectivity index (χ2n) is 8.80. The second-order valence-corrected chi connectivity index (χ2v) is 9.68. The highest BCUT2D eigenvalue weighted by Crippen LogP contribution is 2.33. The van der Waals surface area contributed by atoms with E-state index in [0.29, 0.717) is 32.4 Å². The lowest BCUT2D eigenvalue weighted by atomic mass is 9.94. The van der Waals surface area contributed by atoms with Gasteiger partial charge in [0.25, 0.3) is 5.56 Å². The average Bonchev–Trinajstić information content (AvgIpc) is 2.89. The number of aliphatic carboxylic acids is 1. The highest BCUT2D eigenvalue weighted by Gasteiger charge is 2.47. The van der Waals surface area contributed by atoms with Gasteiger partial charge in [0.05, 0.1) is 24.4 Å². The second kappa shape index (κ2) is 11.9. The standard InChI is InChI=1S/C26H24Cl2N2O9/c1-12(31)17-18(13-2-6-15(27)7-3-13)19(14-4-8-16(28)9-5-14)29-30(24(17)35)10-11-38-26-22(34)20(32)21(33)23(39-26)25(36)37/h2-9,20-23,26,32-34H,10-11H2,1H3,(H,36,37)/t20-,21-,22+,23-,26+/m0/s1. The van der Waals surface area contributed by atoms with Crippen LogP contribution < -0.4 is 5.56 Å². The van der Waals surface area contributed by atoms with Crippen LogP contribution in [-0.4, -0.2) is 79.3 Å². The highest BCUT2D eigenvalue weighted by atomic mass is 35.5. The number of aliphatic hydroxyl groups is 3. The van der Waals surface area contributed by atoms with Gasteiger partial charge >= 0.3 is 5.97 Å². The van der Waals surface area contributed by atoms with Crippen LogP contribution in [0.25, 0.3) is 22.4 Å². The third kappa shape index (κ3) is 6.04. The summed E-state index contributed by atoms with van der Waals surface area (Å²) in [5, 5.41) is 44.6. The van der Waals surface area contributed by atoms with E-state index in [9.17, 15) is 34.8 Å². The van der Waals surface area contributed by atoms with Crippen LogP contribution in [0, 0.1) is 0 Å². The summed E-state index contributed by atoms with van der Waals surface area (Å²) in [5.74, 6) is -2.07. The number of carboxylic acids is 1. The maximum atomic E-state index is 13.4. The lowest BCUT2D eigenvalue weighted by molar-refractivity contribution is -0.294. The monoisotopic (exact) mass is 578 g/mol. The summed E-state index contributed by atoms with van der Waals surface area (Å²) >= 11 is 12.1. The molecule has 0 amide bonds. The van der Waals surface area contributed by atoms with Crippen LogP contribution in [0.5, 0.6) is 0 Å². The predicted molar refractivity (Wildman–Crippen MR) is 140 cm³/mol. The summed E-state index contributed by atoms with van der Waals surface area (Å²) in [6, 6.07) is 13.2. The van der Waals surface area contributed by atoms with E-state index in [1.165, 1.54) is 6.92 Å². The smallest absolute Gasteiger partial charge is 0.335 e. The van der Waals surface area contributed by atoms with Crippen LogP contribution in [-0.2, 0) is 20.8 Å². The molecule has 0 bridgehead atoms. The summed E-state index contributed by atoms with van der Waals surface area (Å²) in [4.78, 5) is 37.5. The van der Waals surface area contributed by atoms with Crippen molar-refractivity contribution < 1.29 is 39.5 Å². The summed E-state index contributed by atoms with van der Waals surface area (Å²) in [6.45, 7) is 0.693. The zero-order chi connectivity index (χ0) is 28.4. The number of hydrogen-bond donors (Lipinski definition) is 4. The van der Waals surface area contributed by atoms with Gasteiger partial charge in [-0.05, 0) is 36.8 Å². The Morgan fingerprint density at radius 1 is 0.949 bits per heavy atom. The normalized spacial score (nSPS) is 23.0. The van der Waals surface area contributed by atoms with Gasteiger partial charge < -0.3 is 29.9 Å². The number of halogens is 2. The summed E-state index contributed by atoms with van der Waals surface area (Å²) in [5.41, 5.74) is 0.865. The van der Waals surface area contributed by atoms with Crippen molar-refractivity contribution in [2.75, 3.05) is 6.61 Å². The number of ketones is 1.